The van der Waals surface area contributed by atoms with Crippen molar-refractivity contribution in [3.63, 3.8) is 0 Å². The number of aromatic nitrogens is 3. The Morgan fingerprint density at radius 1 is 1.22 bits per heavy atom. The highest BCUT2D eigenvalue weighted by molar-refractivity contribution is 7.91. The quantitative estimate of drug-likeness (QED) is 0.861. The van der Waals surface area contributed by atoms with Gasteiger partial charge in [0.15, 0.2) is 0 Å². The van der Waals surface area contributed by atoms with Crippen molar-refractivity contribution >= 4 is 32.5 Å². The van der Waals surface area contributed by atoms with Crippen molar-refractivity contribution in [3.05, 3.63) is 23.2 Å². The monoisotopic (exact) mass is 285 g/mol. The van der Waals surface area contributed by atoms with Gasteiger partial charge in [0, 0.05) is 5.02 Å². The zero-order valence-corrected chi connectivity index (χ0v) is 11.4. The van der Waals surface area contributed by atoms with Crippen molar-refractivity contribution in [2.45, 2.75) is 24.9 Å². The van der Waals surface area contributed by atoms with E-state index in [9.17, 15) is 8.42 Å². The van der Waals surface area contributed by atoms with Gasteiger partial charge in [-0.1, -0.05) is 24.9 Å². The van der Waals surface area contributed by atoms with Crippen LogP contribution in [0.15, 0.2) is 23.4 Å². The number of sulfone groups is 1. The molecule has 0 unspecified atom stereocenters. The predicted molar refractivity (Wildman–Crippen MR) is 69.3 cm³/mol. The Labute approximate surface area is 110 Å². The number of unbranched alkanes of at least 4 members (excludes halogenated alkanes) is 1. The van der Waals surface area contributed by atoms with Crippen molar-refractivity contribution in [3.8, 4) is 0 Å². The first-order valence-corrected chi connectivity index (χ1v) is 7.58. The van der Waals surface area contributed by atoms with Crippen LogP contribution < -0.4 is 0 Å². The SMILES string of the molecule is CCCCS(=O)(=O)c1nnc2cc(Cl)ccc2n1. The van der Waals surface area contributed by atoms with Gasteiger partial charge in [0.2, 0.25) is 9.84 Å². The molecule has 0 N–H and O–H groups in total. The molecule has 0 atom stereocenters. The van der Waals surface area contributed by atoms with Crippen molar-refractivity contribution in [1.82, 2.24) is 15.2 Å². The zero-order valence-electron chi connectivity index (χ0n) is 9.80. The molecule has 0 radical (unpaired) electrons. The molecule has 7 heteroatoms. The van der Waals surface area contributed by atoms with Gasteiger partial charge in [-0.3, -0.25) is 0 Å². The van der Waals surface area contributed by atoms with Gasteiger partial charge >= 0.3 is 0 Å². The molecule has 0 aliphatic carbocycles. The molecule has 1 heterocycles. The molecule has 1 aromatic heterocycles. The number of fused-ring (bicyclic) bond motifs is 1. The van der Waals surface area contributed by atoms with E-state index in [4.69, 9.17) is 11.6 Å². The summed E-state index contributed by atoms with van der Waals surface area (Å²) in [4.78, 5) is 4.02. The van der Waals surface area contributed by atoms with Gasteiger partial charge in [0.25, 0.3) is 5.16 Å². The summed E-state index contributed by atoms with van der Waals surface area (Å²) in [5.74, 6) is 0.0459. The number of benzene rings is 1. The minimum absolute atomic E-state index is 0.0459. The van der Waals surface area contributed by atoms with E-state index in [1.807, 2.05) is 6.92 Å². The Kier molecular flexibility index (Phi) is 3.77. The summed E-state index contributed by atoms with van der Waals surface area (Å²) in [7, 11) is -3.44. The van der Waals surface area contributed by atoms with E-state index in [1.165, 1.54) is 0 Å². The molecular weight excluding hydrogens is 274 g/mol. The summed E-state index contributed by atoms with van der Waals surface area (Å²) in [6.07, 6.45) is 1.39. The molecule has 2 rings (SSSR count). The second-order valence-electron chi connectivity index (χ2n) is 3.90. The fourth-order valence-electron chi connectivity index (χ4n) is 1.45. The summed E-state index contributed by atoms with van der Waals surface area (Å²) < 4.78 is 23.8. The molecular formula is C11H12ClN3O2S. The van der Waals surface area contributed by atoms with Crippen molar-refractivity contribution in [2.24, 2.45) is 0 Å². The van der Waals surface area contributed by atoms with E-state index < -0.39 is 9.84 Å². The van der Waals surface area contributed by atoms with Crippen LogP contribution in [0.1, 0.15) is 19.8 Å². The van der Waals surface area contributed by atoms with Crippen LogP contribution in [0.4, 0.5) is 0 Å². The smallest absolute Gasteiger partial charge is 0.220 e. The minimum Gasteiger partial charge on any atom is -0.220 e. The normalized spacial score (nSPS) is 11.9. The van der Waals surface area contributed by atoms with Crippen LogP contribution in [-0.2, 0) is 9.84 Å². The lowest BCUT2D eigenvalue weighted by atomic mass is 10.3. The van der Waals surface area contributed by atoms with Crippen LogP contribution in [0.2, 0.25) is 5.02 Å². The average Bonchev–Trinajstić information content (AvgIpc) is 2.35. The van der Waals surface area contributed by atoms with E-state index in [0.29, 0.717) is 22.5 Å². The van der Waals surface area contributed by atoms with E-state index in [2.05, 4.69) is 15.2 Å². The first-order valence-electron chi connectivity index (χ1n) is 5.55. The molecule has 0 spiro atoms. The van der Waals surface area contributed by atoms with Crippen LogP contribution in [0, 0.1) is 0 Å². The van der Waals surface area contributed by atoms with Crippen molar-refractivity contribution in [1.29, 1.82) is 0 Å². The van der Waals surface area contributed by atoms with Gasteiger partial charge in [-0.05, 0) is 24.6 Å². The van der Waals surface area contributed by atoms with Crippen molar-refractivity contribution < 1.29 is 8.42 Å². The summed E-state index contributed by atoms with van der Waals surface area (Å²) in [5.41, 5.74) is 0.960. The molecule has 0 amide bonds. The molecule has 0 bridgehead atoms. The van der Waals surface area contributed by atoms with E-state index in [-0.39, 0.29) is 10.9 Å². The molecule has 1 aromatic carbocycles. The van der Waals surface area contributed by atoms with E-state index >= 15 is 0 Å². The first kappa shape index (κ1) is 13.2. The number of nitrogens with zero attached hydrogens (tertiary/aromatic N) is 3. The van der Waals surface area contributed by atoms with Gasteiger partial charge < -0.3 is 0 Å². The van der Waals surface area contributed by atoms with E-state index in [0.717, 1.165) is 6.42 Å². The first-order chi connectivity index (χ1) is 8.53. The van der Waals surface area contributed by atoms with Crippen LogP contribution in [0.5, 0.6) is 0 Å². The average molecular weight is 286 g/mol. The molecule has 0 aliphatic heterocycles. The molecule has 18 heavy (non-hydrogen) atoms. The number of hydrogen-bond donors (Lipinski definition) is 0. The standard InChI is InChI=1S/C11H12ClN3O2S/c1-2-3-6-18(16,17)11-13-9-5-4-8(12)7-10(9)14-15-11/h4-5,7H,2-3,6H2,1H3. The maximum absolute atomic E-state index is 11.9. The fourth-order valence-corrected chi connectivity index (χ4v) is 2.87. The second kappa shape index (κ2) is 5.16. The Morgan fingerprint density at radius 2 is 2.00 bits per heavy atom. The third-order valence-electron chi connectivity index (χ3n) is 2.44. The Morgan fingerprint density at radius 3 is 2.72 bits per heavy atom. The van der Waals surface area contributed by atoms with Gasteiger partial charge in [0.05, 0.1) is 11.3 Å². The maximum atomic E-state index is 11.9. The lowest BCUT2D eigenvalue weighted by Gasteiger charge is -2.02. The molecule has 5 nitrogen and oxygen atoms in total. The molecule has 0 saturated heterocycles. The van der Waals surface area contributed by atoms with Gasteiger partial charge in [-0.2, -0.15) is 0 Å². The highest BCUT2D eigenvalue weighted by atomic mass is 35.5. The van der Waals surface area contributed by atoms with Crippen LogP contribution in [0.3, 0.4) is 0 Å². The number of halogens is 1. The Balaban J connectivity index is 2.44. The molecule has 96 valence electrons. The summed E-state index contributed by atoms with van der Waals surface area (Å²) in [5, 5.41) is 7.80. The molecule has 0 fully saturated rings. The zero-order chi connectivity index (χ0) is 13.2. The maximum Gasteiger partial charge on any atom is 0.268 e. The second-order valence-corrected chi connectivity index (χ2v) is 6.34. The minimum atomic E-state index is -3.44. The molecule has 0 aliphatic rings. The number of rotatable bonds is 4. The molecule has 2 aromatic rings. The van der Waals surface area contributed by atoms with Crippen LogP contribution in [-0.4, -0.2) is 29.4 Å². The van der Waals surface area contributed by atoms with E-state index in [1.54, 1.807) is 18.2 Å². The van der Waals surface area contributed by atoms with Crippen LogP contribution in [0.25, 0.3) is 11.0 Å². The van der Waals surface area contributed by atoms with Crippen molar-refractivity contribution in [2.75, 3.05) is 5.75 Å². The largest absolute Gasteiger partial charge is 0.268 e. The highest BCUT2D eigenvalue weighted by Crippen LogP contribution is 2.16. The summed E-state index contributed by atoms with van der Waals surface area (Å²) in [6, 6.07) is 4.87. The third-order valence-corrected chi connectivity index (χ3v) is 4.23. The van der Waals surface area contributed by atoms with Gasteiger partial charge in [-0.25, -0.2) is 13.4 Å². The van der Waals surface area contributed by atoms with Gasteiger partial charge in [0.1, 0.15) is 5.52 Å². The highest BCUT2D eigenvalue weighted by Gasteiger charge is 2.18. The Hall–Kier alpha value is -1.27. The predicted octanol–water partition coefficient (Wildman–Crippen LogP) is 2.25. The Bertz CT molecular complexity index is 673. The van der Waals surface area contributed by atoms with Crippen LogP contribution >= 0.6 is 11.6 Å². The summed E-state index contributed by atoms with van der Waals surface area (Å²) >= 11 is 5.80. The third kappa shape index (κ3) is 2.76. The molecule has 0 saturated carbocycles. The summed E-state index contributed by atoms with van der Waals surface area (Å²) in [6.45, 7) is 1.93. The fraction of sp³-hybridized carbons (Fsp3) is 0.364. The lowest BCUT2D eigenvalue weighted by molar-refractivity contribution is 0.581. The number of hydrogen-bond acceptors (Lipinski definition) is 5. The lowest BCUT2D eigenvalue weighted by Crippen LogP contribution is -2.12. The topological polar surface area (TPSA) is 72.8 Å². The van der Waals surface area contributed by atoms with Gasteiger partial charge in [-0.15, -0.1) is 10.2 Å².